The lowest BCUT2D eigenvalue weighted by atomic mass is 10.2. The fraction of sp³-hybridized carbons (Fsp3) is 0.0714. The van der Waals surface area contributed by atoms with Crippen molar-refractivity contribution in [3.05, 3.63) is 48.0 Å². The molecule has 1 heterocycles. The molecule has 0 spiro atoms. The molecule has 1 aromatic heterocycles. The van der Waals surface area contributed by atoms with Gasteiger partial charge in [0.15, 0.2) is 0 Å². The van der Waals surface area contributed by atoms with Crippen LogP contribution in [-0.2, 0) is 0 Å². The number of aromatic nitrogens is 3. The van der Waals surface area contributed by atoms with Crippen LogP contribution in [0.1, 0.15) is 10.4 Å². The highest BCUT2D eigenvalue weighted by atomic mass is 16.5. The Balaban J connectivity index is 2.26. The smallest absolute Gasteiger partial charge is 0.335 e. The van der Waals surface area contributed by atoms with Gasteiger partial charge < -0.3 is 9.84 Å². The van der Waals surface area contributed by atoms with E-state index in [-0.39, 0.29) is 5.56 Å². The summed E-state index contributed by atoms with van der Waals surface area (Å²) in [4.78, 5) is 11.1. The molecule has 0 fully saturated rings. The second-order valence-electron chi connectivity index (χ2n) is 4.18. The molecule has 20 heavy (non-hydrogen) atoms. The van der Waals surface area contributed by atoms with Crippen molar-refractivity contribution in [2.24, 2.45) is 0 Å². The van der Waals surface area contributed by atoms with Gasteiger partial charge in [-0.15, -0.1) is 5.10 Å². The van der Waals surface area contributed by atoms with Crippen LogP contribution in [0.4, 0.5) is 0 Å². The second-order valence-corrected chi connectivity index (χ2v) is 4.18. The second kappa shape index (κ2) is 4.65. The average molecular weight is 269 g/mol. The summed E-state index contributed by atoms with van der Waals surface area (Å²) >= 11 is 0. The lowest BCUT2D eigenvalue weighted by Crippen LogP contribution is -2.01. The number of carboxylic acid groups (broad SMARTS) is 1. The van der Waals surface area contributed by atoms with Crippen LogP contribution in [0.3, 0.4) is 0 Å². The van der Waals surface area contributed by atoms with Gasteiger partial charge in [0.2, 0.25) is 0 Å². The summed E-state index contributed by atoms with van der Waals surface area (Å²) in [5.74, 6) is -0.347. The third-order valence-corrected chi connectivity index (χ3v) is 3.01. The lowest BCUT2D eigenvalue weighted by molar-refractivity contribution is 0.0697. The van der Waals surface area contributed by atoms with Gasteiger partial charge in [0.05, 0.1) is 18.2 Å². The maximum atomic E-state index is 11.1. The van der Waals surface area contributed by atoms with E-state index in [0.29, 0.717) is 22.5 Å². The van der Waals surface area contributed by atoms with Crippen molar-refractivity contribution in [1.82, 2.24) is 15.0 Å². The summed E-state index contributed by atoms with van der Waals surface area (Å²) in [6.45, 7) is 0. The molecule has 0 saturated carbocycles. The normalized spacial score (nSPS) is 10.7. The molecule has 0 amide bonds. The van der Waals surface area contributed by atoms with E-state index in [4.69, 9.17) is 9.84 Å². The number of rotatable bonds is 3. The molecular formula is C14H11N3O3. The summed E-state index contributed by atoms with van der Waals surface area (Å²) in [6, 6.07) is 12.0. The highest BCUT2D eigenvalue weighted by Gasteiger charge is 2.13. The summed E-state index contributed by atoms with van der Waals surface area (Å²) in [7, 11) is 1.57. The first-order valence-corrected chi connectivity index (χ1v) is 5.93. The van der Waals surface area contributed by atoms with Crippen molar-refractivity contribution < 1.29 is 14.6 Å². The van der Waals surface area contributed by atoms with Crippen molar-refractivity contribution in [2.75, 3.05) is 7.11 Å². The van der Waals surface area contributed by atoms with E-state index in [1.807, 2.05) is 24.3 Å². The first kappa shape index (κ1) is 12.2. The molecule has 0 aliphatic carbocycles. The highest BCUT2D eigenvalue weighted by Crippen LogP contribution is 2.25. The van der Waals surface area contributed by atoms with Crippen molar-refractivity contribution in [3.8, 4) is 11.4 Å². The minimum Gasteiger partial charge on any atom is -0.494 e. The molecule has 0 bridgehead atoms. The van der Waals surface area contributed by atoms with E-state index < -0.39 is 5.97 Å². The molecule has 3 aromatic rings. The summed E-state index contributed by atoms with van der Waals surface area (Å²) in [6.07, 6.45) is 0. The third-order valence-electron chi connectivity index (χ3n) is 3.01. The highest BCUT2D eigenvalue weighted by molar-refractivity contribution is 5.92. The number of hydrogen-bond donors (Lipinski definition) is 1. The number of benzene rings is 2. The molecular weight excluding hydrogens is 258 g/mol. The molecule has 3 rings (SSSR count). The molecule has 100 valence electrons. The van der Waals surface area contributed by atoms with Crippen LogP contribution in [0.2, 0.25) is 0 Å². The number of methoxy groups -OCH3 is 1. The van der Waals surface area contributed by atoms with E-state index in [1.165, 1.54) is 6.07 Å². The maximum Gasteiger partial charge on any atom is 0.335 e. The van der Waals surface area contributed by atoms with Crippen LogP contribution in [0.25, 0.3) is 16.7 Å². The van der Waals surface area contributed by atoms with E-state index in [2.05, 4.69) is 10.3 Å². The van der Waals surface area contributed by atoms with E-state index in [0.717, 1.165) is 0 Å². The number of carbonyl (C=O) groups is 1. The van der Waals surface area contributed by atoms with Crippen molar-refractivity contribution >= 4 is 17.0 Å². The zero-order valence-corrected chi connectivity index (χ0v) is 10.6. The minimum absolute atomic E-state index is 0.191. The Hall–Kier alpha value is -2.89. The van der Waals surface area contributed by atoms with E-state index >= 15 is 0 Å². The number of hydrogen-bond acceptors (Lipinski definition) is 4. The zero-order chi connectivity index (χ0) is 14.1. The maximum absolute atomic E-state index is 11.1. The molecule has 6 heteroatoms. The standard InChI is InChI=1S/C14H11N3O3/c1-20-13-5-3-2-4-11(13)17-12-8-9(14(18)19)6-7-10(12)15-16-17/h2-8H,1H3,(H,18,19). The molecule has 0 saturated heterocycles. The average Bonchev–Trinajstić information content (AvgIpc) is 2.89. The molecule has 0 unspecified atom stereocenters. The summed E-state index contributed by atoms with van der Waals surface area (Å²) in [5, 5.41) is 17.2. The third kappa shape index (κ3) is 1.87. The quantitative estimate of drug-likeness (QED) is 0.788. The molecule has 0 aliphatic rings. The molecule has 1 N–H and O–H groups in total. The van der Waals surface area contributed by atoms with Crippen LogP contribution in [-0.4, -0.2) is 33.2 Å². The van der Waals surface area contributed by atoms with E-state index in [1.54, 1.807) is 23.9 Å². The minimum atomic E-state index is -0.986. The topological polar surface area (TPSA) is 77.2 Å². The number of fused-ring (bicyclic) bond motifs is 1. The number of carboxylic acids is 1. The van der Waals surface area contributed by atoms with Crippen LogP contribution < -0.4 is 4.74 Å². The number of nitrogens with zero attached hydrogens (tertiary/aromatic N) is 3. The Morgan fingerprint density at radius 3 is 2.80 bits per heavy atom. The van der Waals surface area contributed by atoms with Gasteiger partial charge in [0.1, 0.15) is 17.0 Å². The molecule has 0 atom stereocenters. The van der Waals surface area contributed by atoms with Crippen LogP contribution in [0.15, 0.2) is 42.5 Å². The first-order valence-electron chi connectivity index (χ1n) is 5.93. The SMILES string of the molecule is COc1ccccc1-n1nnc2ccc(C(=O)O)cc21. The van der Waals surface area contributed by atoms with E-state index in [9.17, 15) is 4.79 Å². The van der Waals surface area contributed by atoms with Gasteiger partial charge in [-0.2, -0.15) is 0 Å². The fourth-order valence-electron chi connectivity index (χ4n) is 2.03. The Morgan fingerprint density at radius 2 is 2.05 bits per heavy atom. The zero-order valence-electron chi connectivity index (χ0n) is 10.6. The van der Waals surface area contributed by atoms with Gasteiger partial charge in [-0.05, 0) is 30.3 Å². The van der Waals surface area contributed by atoms with Crippen LogP contribution in [0, 0.1) is 0 Å². The predicted octanol–water partition coefficient (Wildman–Crippen LogP) is 2.13. The van der Waals surface area contributed by atoms with Crippen molar-refractivity contribution in [3.63, 3.8) is 0 Å². The Kier molecular flexibility index (Phi) is 2.83. The summed E-state index contributed by atoms with van der Waals surface area (Å²) in [5.41, 5.74) is 2.14. The van der Waals surface area contributed by atoms with Gasteiger partial charge in [-0.3, -0.25) is 0 Å². The molecule has 0 aliphatic heterocycles. The first-order chi connectivity index (χ1) is 9.70. The van der Waals surface area contributed by atoms with Crippen LogP contribution in [0.5, 0.6) is 5.75 Å². The monoisotopic (exact) mass is 269 g/mol. The number of ether oxygens (including phenoxy) is 1. The van der Waals surface area contributed by atoms with Gasteiger partial charge in [-0.25, -0.2) is 9.48 Å². The van der Waals surface area contributed by atoms with Gasteiger partial charge in [-0.1, -0.05) is 17.3 Å². The van der Waals surface area contributed by atoms with Crippen LogP contribution >= 0.6 is 0 Å². The van der Waals surface area contributed by atoms with Crippen molar-refractivity contribution in [1.29, 1.82) is 0 Å². The lowest BCUT2D eigenvalue weighted by Gasteiger charge is -2.08. The fourth-order valence-corrected chi connectivity index (χ4v) is 2.03. The largest absolute Gasteiger partial charge is 0.494 e. The summed E-state index contributed by atoms with van der Waals surface area (Å²) < 4.78 is 6.86. The Bertz CT molecular complexity index is 795. The molecule has 6 nitrogen and oxygen atoms in total. The van der Waals surface area contributed by atoms with Gasteiger partial charge in [0, 0.05) is 0 Å². The predicted molar refractivity (Wildman–Crippen MR) is 72.4 cm³/mol. The Morgan fingerprint density at radius 1 is 1.25 bits per heavy atom. The number of para-hydroxylation sites is 2. The molecule has 2 aromatic carbocycles. The Labute approximate surface area is 114 Å². The molecule has 0 radical (unpaired) electrons. The van der Waals surface area contributed by atoms with Gasteiger partial charge >= 0.3 is 5.97 Å². The van der Waals surface area contributed by atoms with Crippen molar-refractivity contribution in [2.45, 2.75) is 0 Å². The van der Waals surface area contributed by atoms with Gasteiger partial charge in [0.25, 0.3) is 0 Å². The number of aromatic carboxylic acids is 1.